The van der Waals surface area contributed by atoms with Crippen LogP contribution in [0.1, 0.15) is 30.1 Å². The molecule has 2 N–H and O–H groups in total. The van der Waals surface area contributed by atoms with Gasteiger partial charge in [0.15, 0.2) is 0 Å². The van der Waals surface area contributed by atoms with Crippen molar-refractivity contribution >= 4 is 23.2 Å². The van der Waals surface area contributed by atoms with Gasteiger partial charge in [0.25, 0.3) is 5.91 Å². The van der Waals surface area contributed by atoms with Crippen LogP contribution in [0.2, 0.25) is 5.02 Å². The largest absolute Gasteiger partial charge is 0.398 e. The van der Waals surface area contributed by atoms with Crippen molar-refractivity contribution in [2.45, 2.75) is 25.8 Å². The Labute approximate surface area is 100 Å². The number of nitrogen functional groups attached to an aromatic ring is 1. The molecule has 1 amide bonds. The number of benzene rings is 1. The third-order valence-electron chi connectivity index (χ3n) is 3.06. The maximum absolute atomic E-state index is 12.1. The molecule has 1 atom stereocenters. The van der Waals surface area contributed by atoms with E-state index in [1.165, 1.54) is 0 Å². The Morgan fingerprint density at radius 2 is 2.31 bits per heavy atom. The molecule has 1 fully saturated rings. The number of nitrogens with two attached hydrogens (primary N) is 1. The maximum atomic E-state index is 12.1. The molecule has 2 rings (SSSR count). The predicted octanol–water partition coefficient (Wildman–Crippen LogP) is 2.55. The maximum Gasteiger partial charge on any atom is 0.254 e. The van der Waals surface area contributed by atoms with E-state index in [1.807, 2.05) is 4.90 Å². The number of hydrogen-bond acceptors (Lipinski definition) is 2. The summed E-state index contributed by atoms with van der Waals surface area (Å²) < 4.78 is 0. The molecule has 3 nitrogen and oxygen atoms in total. The fraction of sp³-hybridized carbons (Fsp3) is 0.417. The Morgan fingerprint density at radius 1 is 1.56 bits per heavy atom. The van der Waals surface area contributed by atoms with Crippen LogP contribution in [-0.2, 0) is 0 Å². The summed E-state index contributed by atoms with van der Waals surface area (Å²) in [5.41, 5.74) is 6.77. The fourth-order valence-electron chi connectivity index (χ4n) is 2.08. The molecular weight excluding hydrogens is 224 g/mol. The molecular formula is C12H15ClN2O. The second-order valence-electron chi connectivity index (χ2n) is 4.23. The van der Waals surface area contributed by atoms with Crippen LogP contribution in [0.3, 0.4) is 0 Å². The van der Waals surface area contributed by atoms with Crippen molar-refractivity contribution in [3.8, 4) is 0 Å². The molecule has 0 bridgehead atoms. The monoisotopic (exact) mass is 238 g/mol. The third-order valence-corrected chi connectivity index (χ3v) is 3.40. The molecule has 0 aliphatic carbocycles. The number of likely N-dealkylation sites (tertiary alicyclic amines) is 1. The molecule has 1 aromatic rings. The van der Waals surface area contributed by atoms with Crippen LogP contribution in [-0.4, -0.2) is 23.4 Å². The van der Waals surface area contributed by atoms with Crippen LogP contribution >= 0.6 is 11.6 Å². The standard InChI is InChI=1S/C12H15ClN2O/c1-8-3-2-6-15(8)12(16)9-4-5-10(13)11(14)7-9/h4-5,7-8H,2-3,6,14H2,1H3. The van der Waals surface area contributed by atoms with E-state index in [9.17, 15) is 4.79 Å². The second-order valence-corrected chi connectivity index (χ2v) is 4.63. The molecule has 1 aromatic carbocycles. The second kappa shape index (κ2) is 4.34. The zero-order valence-corrected chi connectivity index (χ0v) is 10.00. The van der Waals surface area contributed by atoms with Crippen molar-refractivity contribution in [1.29, 1.82) is 0 Å². The molecule has 1 aliphatic heterocycles. The van der Waals surface area contributed by atoms with Gasteiger partial charge in [0.1, 0.15) is 0 Å². The van der Waals surface area contributed by atoms with E-state index in [2.05, 4.69) is 6.92 Å². The number of hydrogen-bond donors (Lipinski definition) is 1. The smallest absolute Gasteiger partial charge is 0.254 e. The van der Waals surface area contributed by atoms with Crippen molar-refractivity contribution < 1.29 is 4.79 Å². The zero-order valence-electron chi connectivity index (χ0n) is 9.24. The third kappa shape index (κ3) is 2.00. The summed E-state index contributed by atoms with van der Waals surface area (Å²) in [7, 11) is 0. The molecule has 4 heteroatoms. The molecule has 1 heterocycles. The summed E-state index contributed by atoms with van der Waals surface area (Å²) in [6, 6.07) is 5.37. The van der Waals surface area contributed by atoms with E-state index in [0.717, 1.165) is 19.4 Å². The lowest BCUT2D eigenvalue weighted by Crippen LogP contribution is -2.33. The van der Waals surface area contributed by atoms with Crippen molar-refractivity contribution in [3.63, 3.8) is 0 Å². The van der Waals surface area contributed by atoms with Crippen LogP contribution in [0.4, 0.5) is 5.69 Å². The summed E-state index contributed by atoms with van der Waals surface area (Å²) in [6.07, 6.45) is 2.16. The molecule has 1 saturated heterocycles. The summed E-state index contributed by atoms with van der Waals surface area (Å²) in [5.74, 6) is 0.0494. The van der Waals surface area contributed by atoms with E-state index < -0.39 is 0 Å². The SMILES string of the molecule is CC1CCCN1C(=O)c1ccc(Cl)c(N)c1. The Bertz CT molecular complexity index is 419. The Balaban J connectivity index is 2.23. The van der Waals surface area contributed by atoms with E-state index >= 15 is 0 Å². The molecule has 0 aromatic heterocycles. The van der Waals surface area contributed by atoms with Gasteiger partial charge in [-0.1, -0.05) is 11.6 Å². The van der Waals surface area contributed by atoms with Crippen LogP contribution in [0.5, 0.6) is 0 Å². The van der Waals surface area contributed by atoms with Gasteiger partial charge in [-0.25, -0.2) is 0 Å². The first-order valence-electron chi connectivity index (χ1n) is 5.45. The van der Waals surface area contributed by atoms with Crippen molar-refractivity contribution in [2.24, 2.45) is 0 Å². The molecule has 0 radical (unpaired) electrons. The Hall–Kier alpha value is -1.22. The quantitative estimate of drug-likeness (QED) is 0.765. The molecule has 1 unspecified atom stereocenters. The fourth-order valence-corrected chi connectivity index (χ4v) is 2.20. The number of anilines is 1. The number of amides is 1. The number of carbonyl (C=O) groups excluding carboxylic acids is 1. The van der Waals surface area contributed by atoms with Gasteiger partial charge in [-0.05, 0) is 38.0 Å². The lowest BCUT2D eigenvalue weighted by atomic mass is 10.1. The van der Waals surface area contributed by atoms with Gasteiger partial charge in [-0.3, -0.25) is 4.79 Å². The molecule has 0 saturated carbocycles. The van der Waals surface area contributed by atoms with Crippen LogP contribution in [0.15, 0.2) is 18.2 Å². The highest BCUT2D eigenvalue weighted by Crippen LogP contribution is 2.23. The van der Waals surface area contributed by atoms with Crippen molar-refractivity contribution in [1.82, 2.24) is 4.90 Å². The van der Waals surface area contributed by atoms with Crippen LogP contribution in [0, 0.1) is 0 Å². The summed E-state index contributed by atoms with van der Waals surface area (Å²) in [5, 5.41) is 0.492. The first-order valence-corrected chi connectivity index (χ1v) is 5.83. The number of halogens is 1. The van der Waals surface area contributed by atoms with Gasteiger partial charge in [-0.15, -0.1) is 0 Å². The molecule has 1 aliphatic rings. The van der Waals surface area contributed by atoms with E-state index in [1.54, 1.807) is 18.2 Å². The Morgan fingerprint density at radius 3 is 2.88 bits per heavy atom. The average molecular weight is 239 g/mol. The van der Waals surface area contributed by atoms with Gasteiger partial charge in [0.2, 0.25) is 0 Å². The number of rotatable bonds is 1. The number of carbonyl (C=O) groups is 1. The minimum Gasteiger partial charge on any atom is -0.398 e. The van der Waals surface area contributed by atoms with Gasteiger partial charge in [-0.2, -0.15) is 0 Å². The molecule has 86 valence electrons. The zero-order chi connectivity index (χ0) is 11.7. The van der Waals surface area contributed by atoms with E-state index in [-0.39, 0.29) is 5.91 Å². The Kier molecular flexibility index (Phi) is 3.06. The first-order chi connectivity index (χ1) is 7.59. The average Bonchev–Trinajstić information content (AvgIpc) is 2.67. The van der Waals surface area contributed by atoms with Gasteiger partial charge in [0.05, 0.1) is 10.7 Å². The lowest BCUT2D eigenvalue weighted by molar-refractivity contribution is 0.0747. The molecule has 0 spiro atoms. The normalized spacial score (nSPS) is 20.1. The first kappa shape index (κ1) is 11.3. The summed E-state index contributed by atoms with van der Waals surface area (Å²) in [4.78, 5) is 14.0. The minimum absolute atomic E-state index is 0.0494. The molecule has 16 heavy (non-hydrogen) atoms. The van der Waals surface area contributed by atoms with Gasteiger partial charge < -0.3 is 10.6 Å². The highest BCUT2D eigenvalue weighted by molar-refractivity contribution is 6.33. The predicted molar refractivity (Wildman–Crippen MR) is 65.6 cm³/mol. The highest BCUT2D eigenvalue weighted by Gasteiger charge is 2.26. The van der Waals surface area contributed by atoms with Gasteiger partial charge in [0, 0.05) is 18.2 Å². The topological polar surface area (TPSA) is 46.3 Å². The van der Waals surface area contributed by atoms with E-state index in [0.29, 0.717) is 22.3 Å². The highest BCUT2D eigenvalue weighted by atomic mass is 35.5. The van der Waals surface area contributed by atoms with Crippen LogP contribution in [0.25, 0.3) is 0 Å². The summed E-state index contributed by atoms with van der Waals surface area (Å²) >= 11 is 5.82. The minimum atomic E-state index is 0.0494. The van der Waals surface area contributed by atoms with Gasteiger partial charge >= 0.3 is 0 Å². The van der Waals surface area contributed by atoms with E-state index in [4.69, 9.17) is 17.3 Å². The summed E-state index contributed by atoms with van der Waals surface area (Å²) in [6.45, 7) is 2.91. The van der Waals surface area contributed by atoms with Crippen molar-refractivity contribution in [3.05, 3.63) is 28.8 Å². The number of nitrogens with zero attached hydrogens (tertiary/aromatic N) is 1. The van der Waals surface area contributed by atoms with Crippen molar-refractivity contribution in [2.75, 3.05) is 12.3 Å². The lowest BCUT2D eigenvalue weighted by Gasteiger charge is -2.21. The van der Waals surface area contributed by atoms with Crippen LogP contribution < -0.4 is 5.73 Å².